The van der Waals surface area contributed by atoms with Crippen molar-refractivity contribution in [2.24, 2.45) is 0 Å². The van der Waals surface area contributed by atoms with Gasteiger partial charge in [0.15, 0.2) is 0 Å². The van der Waals surface area contributed by atoms with Crippen LogP contribution in [0.15, 0.2) is 42.7 Å². The maximum absolute atomic E-state index is 11.6. The SMILES string of the molecule is CN(CCCOc1ccc(CC2SC(=O)NC2=O)cc1)c1ncccn1. The van der Waals surface area contributed by atoms with Crippen LogP contribution in [0.2, 0.25) is 0 Å². The Bertz CT molecular complexity index is 755. The van der Waals surface area contributed by atoms with E-state index < -0.39 is 0 Å². The number of nitrogens with zero attached hydrogens (tertiary/aromatic N) is 3. The summed E-state index contributed by atoms with van der Waals surface area (Å²) in [6, 6.07) is 9.42. The highest BCUT2D eigenvalue weighted by Crippen LogP contribution is 2.23. The number of thioether (sulfide) groups is 1. The lowest BCUT2D eigenvalue weighted by atomic mass is 10.1. The minimum atomic E-state index is -0.343. The highest BCUT2D eigenvalue weighted by Gasteiger charge is 2.31. The molecule has 8 heteroatoms. The number of anilines is 1. The molecule has 1 atom stereocenters. The molecule has 2 aromatic rings. The van der Waals surface area contributed by atoms with Crippen LogP contribution in [0.4, 0.5) is 10.7 Å². The van der Waals surface area contributed by atoms with Crippen LogP contribution in [0, 0.1) is 0 Å². The highest BCUT2D eigenvalue weighted by atomic mass is 32.2. The summed E-state index contributed by atoms with van der Waals surface area (Å²) < 4.78 is 5.75. The molecule has 3 rings (SSSR count). The lowest BCUT2D eigenvalue weighted by Crippen LogP contribution is -2.25. The molecule has 136 valence electrons. The summed E-state index contributed by atoms with van der Waals surface area (Å²) in [5.74, 6) is 1.27. The number of rotatable bonds is 8. The summed E-state index contributed by atoms with van der Waals surface area (Å²) in [6.07, 6.45) is 4.82. The van der Waals surface area contributed by atoms with E-state index in [0.29, 0.717) is 19.0 Å². The summed E-state index contributed by atoms with van der Waals surface area (Å²) in [5, 5.41) is 1.69. The second-order valence-corrected chi connectivity index (χ2v) is 7.08. The highest BCUT2D eigenvalue weighted by molar-refractivity contribution is 8.15. The molecule has 0 bridgehead atoms. The Kier molecular flexibility index (Phi) is 6.06. The molecule has 1 fully saturated rings. The molecular formula is C18H20N4O3S. The number of nitrogens with one attached hydrogen (secondary N) is 1. The Labute approximate surface area is 156 Å². The van der Waals surface area contributed by atoms with E-state index in [-0.39, 0.29) is 16.4 Å². The van der Waals surface area contributed by atoms with E-state index in [1.54, 1.807) is 18.5 Å². The molecule has 1 aromatic heterocycles. The van der Waals surface area contributed by atoms with E-state index in [1.165, 1.54) is 0 Å². The van der Waals surface area contributed by atoms with Gasteiger partial charge in [-0.3, -0.25) is 14.9 Å². The second kappa shape index (κ2) is 8.66. The van der Waals surface area contributed by atoms with Gasteiger partial charge in [-0.25, -0.2) is 9.97 Å². The molecule has 1 N–H and O–H groups in total. The largest absolute Gasteiger partial charge is 0.494 e. The van der Waals surface area contributed by atoms with Crippen LogP contribution in [0.25, 0.3) is 0 Å². The number of carbonyl (C=O) groups is 2. The first-order chi connectivity index (χ1) is 12.6. The number of hydrogen-bond donors (Lipinski definition) is 1. The van der Waals surface area contributed by atoms with Crippen LogP contribution in [0.5, 0.6) is 5.75 Å². The van der Waals surface area contributed by atoms with Crippen LogP contribution < -0.4 is 15.0 Å². The van der Waals surface area contributed by atoms with Gasteiger partial charge in [0.1, 0.15) is 5.75 Å². The normalized spacial score (nSPS) is 16.4. The van der Waals surface area contributed by atoms with Gasteiger partial charge in [-0.1, -0.05) is 23.9 Å². The van der Waals surface area contributed by atoms with Crippen molar-refractivity contribution in [2.75, 3.05) is 25.1 Å². The summed E-state index contributed by atoms with van der Waals surface area (Å²) in [7, 11) is 1.95. The molecule has 26 heavy (non-hydrogen) atoms. The summed E-state index contributed by atoms with van der Waals surface area (Å²) in [5.41, 5.74) is 1.00. The van der Waals surface area contributed by atoms with Crippen LogP contribution in [0.3, 0.4) is 0 Å². The van der Waals surface area contributed by atoms with Gasteiger partial charge in [0.05, 0.1) is 11.9 Å². The monoisotopic (exact) mass is 372 g/mol. The Morgan fingerprint density at radius 1 is 1.19 bits per heavy atom. The van der Waals surface area contributed by atoms with Gasteiger partial charge in [-0.2, -0.15) is 0 Å². The summed E-state index contributed by atoms with van der Waals surface area (Å²) in [6.45, 7) is 1.38. The first-order valence-electron chi connectivity index (χ1n) is 8.33. The molecule has 0 aliphatic carbocycles. The summed E-state index contributed by atoms with van der Waals surface area (Å²) >= 11 is 1.04. The zero-order valence-corrected chi connectivity index (χ0v) is 15.2. The van der Waals surface area contributed by atoms with Gasteiger partial charge in [-0.05, 0) is 36.6 Å². The third-order valence-corrected chi connectivity index (χ3v) is 4.89. The van der Waals surface area contributed by atoms with E-state index in [4.69, 9.17) is 4.74 Å². The van der Waals surface area contributed by atoms with Crippen LogP contribution in [-0.4, -0.2) is 46.6 Å². The zero-order valence-electron chi connectivity index (χ0n) is 14.4. The van der Waals surface area contributed by atoms with Crippen LogP contribution >= 0.6 is 11.8 Å². The molecule has 2 amide bonds. The fourth-order valence-corrected chi connectivity index (χ4v) is 3.40. The zero-order chi connectivity index (χ0) is 18.4. The Morgan fingerprint density at radius 2 is 1.92 bits per heavy atom. The number of benzene rings is 1. The Morgan fingerprint density at radius 3 is 2.58 bits per heavy atom. The number of aromatic nitrogens is 2. The molecule has 0 spiro atoms. The molecular weight excluding hydrogens is 352 g/mol. The first-order valence-corrected chi connectivity index (χ1v) is 9.21. The van der Waals surface area contributed by atoms with Crippen molar-refractivity contribution in [2.45, 2.75) is 18.1 Å². The average Bonchev–Trinajstić information content (AvgIpc) is 2.97. The molecule has 0 radical (unpaired) electrons. The average molecular weight is 372 g/mol. The number of imide groups is 1. The van der Waals surface area contributed by atoms with Crippen molar-refractivity contribution in [1.82, 2.24) is 15.3 Å². The molecule has 1 aromatic carbocycles. The fourth-order valence-electron chi connectivity index (χ4n) is 2.54. The maximum atomic E-state index is 11.6. The number of ether oxygens (including phenoxy) is 1. The van der Waals surface area contributed by atoms with Crippen molar-refractivity contribution in [3.63, 3.8) is 0 Å². The molecule has 1 aliphatic rings. The number of hydrogen-bond acceptors (Lipinski definition) is 7. The molecule has 2 heterocycles. The topological polar surface area (TPSA) is 84.4 Å². The van der Waals surface area contributed by atoms with Crippen molar-refractivity contribution in [3.8, 4) is 5.75 Å². The second-order valence-electron chi connectivity index (χ2n) is 5.90. The molecule has 0 saturated carbocycles. The number of amides is 2. The van der Waals surface area contributed by atoms with Gasteiger partial charge < -0.3 is 9.64 Å². The molecule has 1 aliphatic heterocycles. The van der Waals surface area contributed by atoms with Crippen LogP contribution in [0.1, 0.15) is 12.0 Å². The predicted molar refractivity (Wildman–Crippen MR) is 100 cm³/mol. The van der Waals surface area contributed by atoms with Crippen molar-refractivity contribution in [1.29, 1.82) is 0 Å². The molecule has 1 unspecified atom stereocenters. The van der Waals surface area contributed by atoms with E-state index in [1.807, 2.05) is 36.2 Å². The third kappa shape index (κ3) is 4.95. The van der Waals surface area contributed by atoms with E-state index in [9.17, 15) is 9.59 Å². The van der Waals surface area contributed by atoms with Crippen molar-refractivity contribution >= 4 is 28.9 Å². The predicted octanol–water partition coefficient (Wildman–Crippen LogP) is 2.28. The van der Waals surface area contributed by atoms with Gasteiger partial charge in [0.2, 0.25) is 11.9 Å². The van der Waals surface area contributed by atoms with Gasteiger partial charge >= 0.3 is 0 Å². The van der Waals surface area contributed by atoms with Gasteiger partial charge in [0.25, 0.3) is 5.24 Å². The number of carbonyl (C=O) groups excluding carboxylic acids is 2. The quantitative estimate of drug-likeness (QED) is 0.712. The Hall–Kier alpha value is -2.61. The van der Waals surface area contributed by atoms with E-state index >= 15 is 0 Å². The molecule has 7 nitrogen and oxygen atoms in total. The molecule has 1 saturated heterocycles. The maximum Gasteiger partial charge on any atom is 0.286 e. The minimum Gasteiger partial charge on any atom is -0.494 e. The van der Waals surface area contributed by atoms with Crippen LogP contribution in [-0.2, 0) is 11.2 Å². The lowest BCUT2D eigenvalue weighted by molar-refractivity contribution is -0.118. The Balaban J connectivity index is 1.40. The van der Waals surface area contributed by atoms with E-state index in [2.05, 4.69) is 15.3 Å². The van der Waals surface area contributed by atoms with Crippen molar-refractivity contribution in [3.05, 3.63) is 48.3 Å². The fraction of sp³-hybridized carbons (Fsp3) is 0.333. The summed E-state index contributed by atoms with van der Waals surface area (Å²) in [4.78, 5) is 33.2. The van der Waals surface area contributed by atoms with E-state index in [0.717, 1.165) is 36.0 Å². The first kappa shape index (κ1) is 18.2. The lowest BCUT2D eigenvalue weighted by Gasteiger charge is -2.16. The third-order valence-electron chi connectivity index (χ3n) is 3.91. The van der Waals surface area contributed by atoms with Gasteiger partial charge in [0, 0.05) is 26.0 Å². The van der Waals surface area contributed by atoms with Crippen molar-refractivity contribution < 1.29 is 14.3 Å². The standard InChI is InChI=1S/C18H20N4O3S/c1-22(17-19-8-2-9-20-17)10-3-11-25-14-6-4-13(5-7-14)12-15-16(23)21-18(24)26-15/h2,4-9,15H,3,10-12H2,1H3,(H,21,23,24). The minimum absolute atomic E-state index is 0.216. The van der Waals surface area contributed by atoms with Gasteiger partial charge in [-0.15, -0.1) is 0 Å². The smallest absolute Gasteiger partial charge is 0.286 e.